The number of carbonyl (C=O) groups excluding carboxylic acids is 2. The molecule has 9 heteroatoms. The number of benzene rings is 1. The smallest absolute Gasteiger partial charge is 0.328 e. The monoisotopic (exact) mass is 477 g/mol. The second-order valence-corrected chi connectivity index (χ2v) is 9.86. The Morgan fingerprint density at radius 1 is 1.26 bits per heavy atom. The first kappa shape index (κ1) is 23.2. The van der Waals surface area contributed by atoms with Crippen molar-refractivity contribution in [3.05, 3.63) is 56.9 Å². The quantitative estimate of drug-likeness (QED) is 0.339. The van der Waals surface area contributed by atoms with Crippen molar-refractivity contribution in [2.45, 2.75) is 58.9 Å². The van der Waals surface area contributed by atoms with E-state index in [0.717, 1.165) is 16.5 Å². The van der Waals surface area contributed by atoms with E-state index in [-0.39, 0.29) is 30.1 Å². The molecule has 1 unspecified atom stereocenters. The van der Waals surface area contributed by atoms with Crippen molar-refractivity contribution in [2.24, 2.45) is 11.7 Å². The van der Waals surface area contributed by atoms with E-state index in [9.17, 15) is 19.5 Å². The van der Waals surface area contributed by atoms with E-state index in [0.29, 0.717) is 34.8 Å². The van der Waals surface area contributed by atoms with Gasteiger partial charge in [-0.25, -0.2) is 9.78 Å². The first-order valence-corrected chi connectivity index (χ1v) is 11.5. The lowest BCUT2D eigenvalue weighted by atomic mass is 9.89. The number of hydrogen-bond acceptors (Lipinski definition) is 8. The molecular formula is C26H27N3O6. The van der Waals surface area contributed by atoms with Crippen LogP contribution in [0.2, 0.25) is 0 Å². The van der Waals surface area contributed by atoms with Gasteiger partial charge in [-0.05, 0) is 55.2 Å². The lowest BCUT2D eigenvalue weighted by Crippen LogP contribution is -2.38. The SMILES string of the molecule is Cc1c2c(nc3ccc(OC(=O)[C@@H](N)C(C)C)cc13)-c1cc3c(c(=O)n1C2)COC(=O)CC3(C)O. The van der Waals surface area contributed by atoms with Gasteiger partial charge in [-0.1, -0.05) is 13.8 Å². The van der Waals surface area contributed by atoms with E-state index in [1.165, 1.54) is 6.92 Å². The Balaban J connectivity index is 1.61. The number of hydrogen-bond donors (Lipinski definition) is 2. The molecule has 2 aromatic heterocycles. The van der Waals surface area contributed by atoms with Crippen molar-refractivity contribution in [1.29, 1.82) is 0 Å². The van der Waals surface area contributed by atoms with Gasteiger partial charge in [0.25, 0.3) is 5.56 Å². The highest BCUT2D eigenvalue weighted by Gasteiger charge is 2.37. The number of aromatic nitrogens is 2. The van der Waals surface area contributed by atoms with Gasteiger partial charge in [0.15, 0.2) is 0 Å². The largest absolute Gasteiger partial charge is 0.460 e. The van der Waals surface area contributed by atoms with Crippen LogP contribution in [0.4, 0.5) is 0 Å². The summed E-state index contributed by atoms with van der Waals surface area (Å²) in [5.41, 5.74) is 8.42. The van der Waals surface area contributed by atoms with Crippen molar-refractivity contribution >= 4 is 22.8 Å². The fourth-order valence-corrected chi connectivity index (χ4v) is 4.77. The number of aryl methyl sites for hydroxylation is 1. The molecular weight excluding hydrogens is 450 g/mol. The Labute approximate surface area is 201 Å². The number of cyclic esters (lactones) is 1. The summed E-state index contributed by atoms with van der Waals surface area (Å²) < 4.78 is 12.3. The average Bonchev–Trinajstić information content (AvgIpc) is 3.11. The topological polar surface area (TPSA) is 134 Å². The Hall–Kier alpha value is -3.56. The van der Waals surface area contributed by atoms with Crippen LogP contribution in [0.3, 0.4) is 0 Å². The predicted octanol–water partition coefficient (Wildman–Crippen LogP) is 2.28. The molecule has 2 atom stereocenters. The molecule has 1 aromatic carbocycles. The Kier molecular flexibility index (Phi) is 5.30. The fourth-order valence-electron chi connectivity index (χ4n) is 4.77. The molecule has 3 N–H and O–H groups in total. The minimum Gasteiger partial charge on any atom is -0.460 e. The molecule has 9 nitrogen and oxygen atoms in total. The van der Waals surface area contributed by atoms with Gasteiger partial charge in [0, 0.05) is 10.9 Å². The van der Waals surface area contributed by atoms with Gasteiger partial charge in [-0.3, -0.25) is 9.59 Å². The van der Waals surface area contributed by atoms with Crippen LogP contribution in [0.5, 0.6) is 5.75 Å². The Morgan fingerprint density at radius 3 is 2.71 bits per heavy atom. The normalized spacial score (nSPS) is 19.6. The molecule has 5 rings (SSSR count). The molecule has 35 heavy (non-hydrogen) atoms. The highest BCUT2D eigenvalue weighted by atomic mass is 16.5. The third kappa shape index (κ3) is 3.71. The number of aliphatic hydroxyl groups is 1. The van der Waals surface area contributed by atoms with Crippen LogP contribution < -0.4 is 16.0 Å². The number of pyridine rings is 2. The van der Waals surface area contributed by atoms with Crippen molar-refractivity contribution in [3.8, 4) is 17.1 Å². The van der Waals surface area contributed by atoms with Crippen molar-refractivity contribution in [1.82, 2.24) is 9.55 Å². The van der Waals surface area contributed by atoms with Crippen LogP contribution in [0, 0.1) is 12.8 Å². The lowest BCUT2D eigenvalue weighted by Gasteiger charge is -2.22. The number of fused-ring (bicyclic) bond motifs is 5. The molecule has 0 radical (unpaired) electrons. The lowest BCUT2D eigenvalue weighted by molar-refractivity contribution is -0.148. The maximum absolute atomic E-state index is 13.4. The second kappa shape index (κ2) is 8.00. The molecule has 4 heterocycles. The molecule has 182 valence electrons. The summed E-state index contributed by atoms with van der Waals surface area (Å²) in [6, 6.07) is 6.20. The van der Waals surface area contributed by atoms with Crippen LogP contribution in [-0.4, -0.2) is 32.6 Å². The Morgan fingerprint density at radius 2 is 2.00 bits per heavy atom. The predicted molar refractivity (Wildman–Crippen MR) is 128 cm³/mol. The van der Waals surface area contributed by atoms with Gasteiger partial charge in [-0.2, -0.15) is 0 Å². The minimum atomic E-state index is -1.53. The molecule has 0 amide bonds. The third-order valence-corrected chi connectivity index (χ3v) is 6.96. The van der Waals surface area contributed by atoms with Gasteiger partial charge >= 0.3 is 11.9 Å². The summed E-state index contributed by atoms with van der Waals surface area (Å²) in [6.45, 7) is 7.27. The number of nitrogens with zero attached hydrogens (tertiary/aromatic N) is 2. The first-order chi connectivity index (χ1) is 16.5. The second-order valence-electron chi connectivity index (χ2n) is 9.86. The number of carbonyl (C=O) groups is 2. The third-order valence-electron chi connectivity index (χ3n) is 6.96. The fraction of sp³-hybridized carbons (Fsp3) is 0.385. The zero-order chi connectivity index (χ0) is 25.2. The minimum absolute atomic E-state index is 0.0501. The molecule has 2 aliphatic rings. The van der Waals surface area contributed by atoms with Crippen molar-refractivity contribution in [2.75, 3.05) is 0 Å². The molecule has 0 aliphatic carbocycles. The summed E-state index contributed by atoms with van der Waals surface area (Å²) in [5.74, 6) is -0.729. The molecule has 0 saturated carbocycles. The molecule has 0 bridgehead atoms. The van der Waals surface area contributed by atoms with Crippen molar-refractivity contribution < 1.29 is 24.2 Å². The number of esters is 2. The zero-order valence-electron chi connectivity index (χ0n) is 20.0. The van der Waals surface area contributed by atoms with Crippen LogP contribution >= 0.6 is 0 Å². The maximum Gasteiger partial charge on any atom is 0.328 e. The number of ether oxygens (including phenoxy) is 2. The standard InChI is InChI=1S/C26H27N3O6/c1-12(2)22(27)25(32)35-14-5-6-19-15(7-14)13(3)16-10-29-20(23(16)28-19)8-18-17(24(29)31)11-34-21(30)9-26(18,4)33/h5-8,12,22,33H,9-11,27H2,1-4H3/t22-,26?/m0/s1. The van der Waals surface area contributed by atoms with Crippen LogP contribution in [0.25, 0.3) is 22.3 Å². The van der Waals surface area contributed by atoms with E-state index in [1.54, 1.807) is 28.8 Å². The summed E-state index contributed by atoms with van der Waals surface area (Å²) in [7, 11) is 0. The van der Waals surface area contributed by atoms with Gasteiger partial charge in [0.1, 0.15) is 18.4 Å². The van der Waals surface area contributed by atoms with Gasteiger partial charge in [0.05, 0.1) is 41.0 Å². The molecule has 0 saturated heterocycles. The number of rotatable bonds is 3. The van der Waals surface area contributed by atoms with Gasteiger partial charge in [-0.15, -0.1) is 0 Å². The average molecular weight is 478 g/mol. The molecule has 3 aromatic rings. The summed E-state index contributed by atoms with van der Waals surface area (Å²) in [6.07, 6.45) is -0.234. The highest BCUT2D eigenvalue weighted by Crippen LogP contribution is 2.39. The highest BCUT2D eigenvalue weighted by molar-refractivity contribution is 5.89. The first-order valence-electron chi connectivity index (χ1n) is 11.5. The summed E-state index contributed by atoms with van der Waals surface area (Å²) >= 11 is 0. The summed E-state index contributed by atoms with van der Waals surface area (Å²) in [5, 5.41) is 11.8. The van der Waals surface area contributed by atoms with E-state index in [1.807, 2.05) is 20.8 Å². The number of nitrogens with two attached hydrogens (primary N) is 1. The van der Waals surface area contributed by atoms with E-state index >= 15 is 0 Å². The molecule has 0 spiro atoms. The maximum atomic E-state index is 13.4. The van der Waals surface area contributed by atoms with Crippen LogP contribution in [0.1, 0.15) is 49.4 Å². The Bertz CT molecular complexity index is 1470. The van der Waals surface area contributed by atoms with E-state index < -0.39 is 23.6 Å². The van der Waals surface area contributed by atoms with E-state index in [2.05, 4.69) is 0 Å². The zero-order valence-corrected chi connectivity index (χ0v) is 20.0. The van der Waals surface area contributed by atoms with Gasteiger partial charge < -0.3 is 24.9 Å². The van der Waals surface area contributed by atoms with E-state index in [4.69, 9.17) is 20.2 Å². The van der Waals surface area contributed by atoms with Crippen LogP contribution in [-0.2, 0) is 33.1 Å². The molecule has 0 fully saturated rings. The van der Waals surface area contributed by atoms with Crippen molar-refractivity contribution in [3.63, 3.8) is 0 Å². The molecule has 2 aliphatic heterocycles. The van der Waals surface area contributed by atoms with Gasteiger partial charge in [0.2, 0.25) is 0 Å². The summed E-state index contributed by atoms with van der Waals surface area (Å²) in [4.78, 5) is 42.5. The van der Waals surface area contributed by atoms with Crippen LogP contribution in [0.15, 0.2) is 29.1 Å².